The first-order valence-electron chi connectivity index (χ1n) is 5.83. The summed E-state index contributed by atoms with van der Waals surface area (Å²) in [4.78, 5) is 24.6. The summed E-state index contributed by atoms with van der Waals surface area (Å²) in [5.74, 6) is -0.391. The lowest BCUT2D eigenvalue weighted by Gasteiger charge is -2.17. The number of methoxy groups -OCH3 is 1. The summed E-state index contributed by atoms with van der Waals surface area (Å²) in [5.41, 5.74) is 6.79. The Balaban J connectivity index is 2.56. The molecule has 0 saturated heterocycles. The SMILES string of the molecule is COC(=O)CCCN(C)C(=O)c1ccc(Br)c(N)c1. The van der Waals surface area contributed by atoms with Crippen LogP contribution >= 0.6 is 15.9 Å². The fourth-order valence-electron chi connectivity index (χ4n) is 1.56. The Morgan fingerprint density at radius 2 is 2.11 bits per heavy atom. The molecule has 0 aliphatic rings. The van der Waals surface area contributed by atoms with Gasteiger partial charge in [-0.05, 0) is 40.5 Å². The first-order chi connectivity index (χ1) is 8.95. The van der Waals surface area contributed by atoms with E-state index in [1.807, 2.05) is 0 Å². The molecule has 0 heterocycles. The zero-order chi connectivity index (χ0) is 14.4. The van der Waals surface area contributed by atoms with E-state index in [1.165, 1.54) is 7.11 Å². The summed E-state index contributed by atoms with van der Waals surface area (Å²) in [6.45, 7) is 0.490. The van der Waals surface area contributed by atoms with Crippen LogP contribution in [0.25, 0.3) is 0 Å². The molecule has 1 aromatic rings. The van der Waals surface area contributed by atoms with Crippen molar-refractivity contribution in [1.82, 2.24) is 4.90 Å². The third-order valence-electron chi connectivity index (χ3n) is 2.69. The van der Waals surface area contributed by atoms with Crippen molar-refractivity contribution in [3.05, 3.63) is 28.2 Å². The molecule has 1 aromatic carbocycles. The molecular weight excluding hydrogens is 312 g/mol. The van der Waals surface area contributed by atoms with Crippen molar-refractivity contribution < 1.29 is 14.3 Å². The number of carbonyl (C=O) groups excluding carboxylic acids is 2. The average Bonchev–Trinajstić information content (AvgIpc) is 2.40. The van der Waals surface area contributed by atoms with Crippen molar-refractivity contribution in [2.24, 2.45) is 0 Å². The molecule has 0 fully saturated rings. The molecule has 2 N–H and O–H groups in total. The zero-order valence-corrected chi connectivity index (χ0v) is 12.6. The average molecular weight is 329 g/mol. The van der Waals surface area contributed by atoms with Gasteiger partial charge in [-0.15, -0.1) is 0 Å². The molecule has 0 radical (unpaired) electrons. The quantitative estimate of drug-likeness (QED) is 0.663. The van der Waals surface area contributed by atoms with Crippen LogP contribution in [0.15, 0.2) is 22.7 Å². The van der Waals surface area contributed by atoms with Crippen LogP contribution < -0.4 is 5.73 Å². The van der Waals surface area contributed by atoms with E-state index in [4.69, 9.17) is 5.73 Å². The highest BCUT2D eigenvalue weighted by atomic mass is 79.9. The van der Waals surface area contributed by atoms with Gasteiger partial charge in [-0.3, -0.25) is 9.59 Å². The number of hydrogen-bond acceptors (Lipinski definition) is 4. The fourth-order valence-corrected chi connectivity index (χ4v) is 1.81. The summed E-state index contributed by atoms with van der Waals surface area (Å²) in [6, 6.07) is 5.08. The topological polar surface area (TPSA) is 72.6 Å². The standard InChI is InChI=1S/C13H17BrN2O3/c1-16(7-3-4-12(17)19-2)13(18)9-5-6-10(14)11(15)8-9/h5-6,8H,3-4,7,15H2,1-2H3. The van der Waals surface area contributed by atoms with E-state index in [0.717, 1.165) is 4.47 Å². The minimum absolute atomic E-state index is 0.121. The fraction of sp³-hybridized carbons (Fsp3) is 0.385. The van der Waals surface area contributed by atoms with Crippen molar-refractivity contribution in [1.29, 1.82) is 0 Å². The molecule has 1 amide bonds. The number of rotatable bonds is 5. The van der Waals surface area contributed by atoms with Crippen molar-refractivity contribution in [2.75, 3.05) is 26.4 Å². The number of amides is 1. The van der Waals surface area contributed by atoms with Gasteiger partial charge in [-0.1, -0.05) is 0 Å². The second-order valence-electron chi connectivity index (χ2n) is 4.14. The number of benzene rings is 1. The van der Waals surface area contributed by atoms with Gasteiger partial charge in [0.15, 0.2) is 0 Å². The number of nitrogen functional groups attached to an aromatic ring is 1. The first-order valence-corrected chi connectivity index (χ1v) is 6.62. The Bertz CT molecular complexity index is 477. The van der Waals surface area contributed by atoms with Crippen molar-refractivity contribution >= 4 is 33.5 Å². The van der Waals surface area contributed by atoms with Gasteiger partial charge in [0.05, 0.1) is 7.11 Å². The molecule has 6 heteroatoms. The van der Waals surface area contributed by atoms with E-state index in [9.17, 15) is 9.59 Å². The third-order valence-corrected chi connectivity index (χ3v) is 3.41. The van der Waals surface area contributed by atoms with Crippen LogP contribution in [0.2, 0.25) is 0 Å². The first kappa shape index (κ1) is 15.5. The van der Waals surface area contributed by atoms with Gasteiger partial charge in [-0.25, -0.2) is 0 Å². The molecule has 0 saturated carbocycles. The molecule has 0 unspecified atom stereocenters. The molecule has 0 bridgehead atoms. The van der Waals surface area contributed by atoms with Crippen LogP contribution in [-0.4, -0.2) is 37.5 Å². The molecular formula is C13H17BrN2O3. The lowest BCUT2D eigenvalue weighted by molar-refractivity contribution is -0.140. The van der Waals surface area contributed by atoms with Gasteiger partial charge in [0.2, 0.25) is 0 Å². The molecule has 1 rings (SSSR count). The lowest BCUT2D eigenvalue weighted by atomic mass is 10.1. The lowest BCUT2D eigenvalue weighted by Crippen LogP contribution is -2.28. The summed E-state index contributed by atoms with van der Waals surface area (Å²) < 4.78 is 5.30. The Hall–Kier alpha value is -1.56. The Labute approximate surface area is 120 Å². The molecule has 0 atom stereocenters. The number of esters is 1. The number of nitrogens with two attached hydrogens (primary N) is 1. The molecule has 5 nitrogen and oxygen atoms in total. The normalized spacial score (nSPS) is 10.1. The van der Waals surface area contributed by atoms with Crippen LogP contribution in [0.3, 0.4) is 0 Å². The number of halogens is 1. The van der Waals surface area contributed by atoms with Crippen LogP contribution in [0.5, 0.6) is 0 Å². The number of ether oxygens (including phenoxy) is 1. The van der Waals surface area contributed by atoms with Gasteiger partial charge >= 0.3 is 5.97 Å². The van der Waals surface area contributed by atoms with Crippen molar-refractivity contribution in [3.8, 4) is 0 Å². The Kier molecular flexibility index (Phi) is 5.82. The minimum atomic E-state index is -0.270. The molecule has 0 aliphatic heterocycles. The number of nitrogens with zero attached hydrogens (tertiary/aromatic N) is 1. The predicted octanol–water partition coefficient (Wildman–Crippen LogP) is 2.06. The summed E-state index contributed by atoms with van der Waals surface area (Å²) in [6.07, 6.45) is 0.873. The molecule has 0 spiro atoms. The third kappa shape index (κ3) is 4.55. The van der Waals surface area contributed by atoms with Gasteiger partial charge in [0, 0.05) is 35.7 Å². The largest absolute Gasteiger partial charge is 0.469 e. The van der Waals surface area contributed by atoms with Crippen molar-refractivity contribution in [2.45, 2.75) is 12.8 Å². The maximum Gasteiger partial charge on any atom is 0.305 e. The highest BCUT2D eigenvalue weighted by molar-refractivity contribution is 9.10. The highest BCUT2D eigenvalue weighted by Gasteiger charge is 2.13. The monoisotopic (exact) mass is 328 g/mol. The highest BCUT2D eigenvalue weighted by Crippen LogP contribution is 2.20. The van der Waals surface area contributed by atoms with Gasteiger partial charge in [0.1, 0.15) is 0 Å². The van der Waals surface area contributed by atoms with Gasteiger partial charge in [-0.2, -0.15) is 0 Å². The summed E-state index contributed by atoms with van der Waals surface area (Å²) in [7, 11) is 3.04. The van der Waals surface area contributed by atoms with Crippen LogP contribution in [0.4, 0.5) is 5.69 Å². The minimum Gasteiger partial charge on any atom is -0.469 e. The summed E-state index contributed by atoms with van der Waals surface area (Å²) >= 11 is 3.28. The number of carbonyl (C=O) groups is 2. The molecule has 0 aliphatic carbocycles. The molecule has 104 valence electrons. The molecule has 19 heavy (non-hydrogen) atoms. The predicted molar refractivity (Wildman–Crippen MR) is 76.8 cm³/mol. The smallest absolute Gasteiger partial charge is 0.305 e. The van der Waals surface area contributed by atoms with E-state index < -0.39 is 0 Å². The van der Waals surface area contributed by atoms with E-state index in [0.29, 0.717) is 30.6 Å². The van der Waals surface area contributed by atoms with Crippen LogP contribution in [-0.2, 0) is 9.53 Å². The Morgan fingerprint density at radius 1 is 1.42 bits per heavy atom. The zero-order valence-electron chi connectivity index (χ0n) is 11.0. The maximum absolute atomic E-state index is 12.1. The van der Waals surface area contributed by atoms with E-state index >= 15 is 0 Å². The summed E-state index contributed by atoms with van der Waals surface area (Å²) in [5, 5.41) is 0. The van der Waals surface area contributed by atoms with Gasteiger partial charge < -0.3 is 15.4 Å². The van der Waals surface area contributed by atoms with Gasteiger partial charge in [0.25, 0.3) is 5.91 Å². The Morgan fingerprint density at radius 3 is 2.68 bits per heavy atom. The van der Waals surface area contributed by atoms with E-state index in [-0.39, 0.29) is 11.9 Å². The van der Waals surface area contributed by atoms with Crippen LogP contribution in [0.1, 0.15) is 23.2 Å². The second kappa shape index (κ2) is 7.13. The van der Waals surface area contributed by atoms with E-state index in [2.05, 4.69) is 20.7 Å². The number of hydrogen-bond donors (Lipinski definition) is 1. The molecule has 0 aromatic heterocycles. The maximum atomic E-state index is 12.1. The van der Waals surface area contributed by atoms with Crippen LogP contribution in [0, 0.1) is 0 Å². The number of anilines is 1. The van der Waals surface area contributed by atoms with Crippen molar-refractivity contribution in [3.63, 3.8) is 0 Å². The van der Waals surface area contributed by atoms with E-state index in [1.54, 1.807) is 30.1 Å². The second-order valence-corrected chi connectivity index (χ2v) is 5.00.